The second-order valence-electron chi connectivity index (χ2n) is 2.92. The number of benzene rings is 1. The Balaban J connectivity index is 0.00000196. The van der Waals surface area contributed by atoms with Gasteiger partial charge in [0, 0.05) is 24.6 Å². The van der Waals surface area contributed by atoms with Crippen LogP contribution >= 0.6 is 0 Å². The van der Waals surface area contributed by atoms with E-state index in [1.807, 2.05) is 12.1 Å². The third-order valence-corrected chi connectivity index (χ3v) is 1.73. The van der Waals surface area contributed by atoms with Crippen LogP contribution in [-0.2, 0) is 11.2 Å². The summed E-state index contributed by atoms with van der Waals surface area (Å²) in [6.07, 6.45) is 1.69. The van der Waals surface area contributed by atoms with Crippen LogP contribution in [0.5, 0.6) is 0 Å². The van der Waals surface area contributed by atoms with Crippen molar-refractivity contribution in [3.05, 3.63) is 42.5 Å². The summed E-state index contributed by atoms with van der Waals surface area (Å²) in [7, 11) is 0. The quantitative estimate of drug-likeness (QED) is 0.437. The van der Waals surface area contributed by atoms with E-state index in [1.54, 1.807) is 18.2 Å². The molecule has 0 aliphatic heterocycles. The summed E-state index contributed by atoms with van der Waals surface area (Å²) in [6, 6.07) is 7.24. The molecule has 1 rings (SSSR count). The van der Waals surface area contributed by atoms with Gasteiger partial charge in [0.1, 0.15) is 0 Å². The Bertz CT molecular complexity index is 339. The first kappa shape index (κ1) is 14.2. The molecule has 1 aromatic carbocycles. The molecule has 0 aliphatic rings. The Morgan fingerprint density at radius 2 is 2.27 bits per heavy atom. The van der Waals surface area contributed by atoms with E-state index < -0.39 is 5.97 Å². The monoisotopic (exact) mass is 213 g/mol. The van der Waals surface area contributed by atoms with Crippen LogP contribution in [0.1, 0.15) is 5.56 Å². The number of anilines is 1. The molecule has 0 amide bonds. The molecule has 0 radical (unpaired) electrons. The summed E-state index contributed by atoms with van der Waals surface area (Å²) in [6.45, 7) is 4.24. The summed E-state index contributed by atoms with van der Waals surface area (Å²) < 4.78 is 0. The van der Waals surface area contributed by atoms with Crippen molar-refractivity contribution in [2.75, 3.05) is 11.9 Å². The third-order valence-electron chi connectivity index (χ3n) is 1.73. The van der Waals surface area contributed by atoms with Crippen molar-refractivity contribution in [2.45, 2.75) is 6.42 Å². The molecule has 1 N–H and O–H groups in total. The molecule has 0 aromatic heterocycles. The van der Waals surface area contributed by atoms with E-state index in [9.17, 15) is 9.90 Å². The van der Waals surface area contributed by atoms with Crippen molar-refractivity contribution in [2.24, 2.45) is 0 Å². The van der Waals surface area contributed by atoms with Crippen molar-refractivity contribution >= 4 is 11.7 Å². The first-order chi connectivity index (χ1) is 6.72. The molecule has 0 unspecified atom stereocenters. The Hall–Kier alpha value is -0.770. The molecule has 0 heterocycles. The Labute approximate surface area is 111 Å². The fourth-order valence-electron chi connectivity index (χ4n) is 1.15. The molecular formula is C11H12NNaO2. The fourth-order valence-corrected chi connectivity index (χ4v) is 1.15. The van der Waals surface area contributed by atoms with Gasteiger partial charge in [-0.15, -0.1) is 6.58 Å². The van der Waals surface area contributed by atoms with E-state index in [-0.39, 0.29) is 36.0 Å². The van der Waals surface area contributed by atoms with Crippen LogP contribution in [0.4, 0.5) is 5.69 Å². The number of carbonyl (C=O) groups excluding carboxylic acids is 1. The van der Waals surface area contributed by atoms with Gasteiger partial charge in [-0.2, -0.15) is 0 Å². The van der Waals surface area contributed by atoms with E-state index in [2.05, 4.69) is 11.9 Å². The second-order valence-corrected chi connectivity index (χ2v) is 2.92. The summed E-state index contributed by atoms with van der Waals surface area (Å²) >= 11 is 0. The number of hydrogen-bond acceptors (Lipinski definition) is 3. The topological polar surface area (TPSA) is 52.2 Å². The van der Waals surface area contributed by atoms with Crippen LogP contribution in [0.25, 0.3) is 0 Å². The number of carboxylic acids is 1. The van der Waals surface area contributed by atoms with Crippen LogP contribution < -0.4 is 40.0 Å². The maximum absolute atomic E-state index is 10.3. The summed E-state index contributed by atoms with van der Waals surface area (Å²) in [5.74, 6) is -1.06. The smallest absolute Gasteiger partial charge is 0.550 e. The molecule has 0 saturated heterocycles. The van der Waals surface area contributed by atoms with E-state index in [0.29, 0.717) is 6.54 Å². The standard InChI is InChI=1S/C11H13NO2.Na/c1-2-6-12-10-5-3-4-9(7-10)8-11(13)14;/h2-5,7,12H,1,6,8H2,(H,13,14);/q;+1/p-1. The van der Waals surface area contributed by atoms with E-state index in [0.717, 1.165) is 11.3 Å². The minimum Gasteiger partial charge on any atom is -0.550 e. The molecule has 0 saturated carbocycles. The van der Waals surface area contributed by atoms with E-state index >= 15 is 0 Å². The molecular weight excluding hydrogens is 201 g/mol. The molecule has 3 nitrogen and oxygen atoms in total. The molecule has 0 spiro atoms. The molecule has 1 aromatic rings. The summed E-state index contributed by atoms with van der Waals surface area (Å²) in [5.41, 5.74) is 1.63. The average molecular weight is 213 g/mol. The zero-order valence-corrected chi connectivity index (χ0v) is 10.8. The SMILES string of the molecule is C=CCNc1cccc(CC(=O)[O-])c1.[Na+]. The van der Waals surface area contributed by atoms with E-state index in [1.165, 1.54) is 0 Å². The molecule has 0 atom stereocenters. The normalized spacial score (nSPS) is 8.80. The zero-order chi connectivity index (χ0) is 10.4. The minimum absolute atomic E-state index is 0. The Kier molecular flexibility index (Phi) is 7.13. The zero-order valence-electron chi connectivity index (χ0n) is 8.82. The maximum atomic E-state index is 10.3. The van der Waals surface area contributed by atoms with Crippen LogP contribution in [-0.4, -0.2) is 12.5 Å². The second kappa shape index (κ2) is 7.51. The van der Waals surface area contributed by atoms with Gasteiger partial charge in [-0.05, 0) is 17.7 Å². The number of nitrogens with one attached hydrogen (secondary N) is 1. The van der Waals surface area contributed by atoms with Gasteiger partial charge in [-0.3, -0.25) is 0 Å². The first-order valence-electron chi connectivity index (χ1n) is 4.36. The van der Waals surface area contributed by atoms with Crippen LogP contribution in [0, 0.1) is 0 Å². The van der Waals surface area contributed by atoms with Gasteiger partial charge in [-0.25, -0.2) is 0 Å². The van der Waals surface area contributed by atoms with Gasteiger partial charge in [0.25, 0.3) is 0 Å². The Morgan fingerprint density at radius 1 is 1.53 bits per heavy atom. The first-order valence-corrected chi connectivity index (χ1v) is 4.36. The number of hydrogen-bond donors (Lipinski definition) is 1. The summed E-state index contributed by atoms with van der Waals surface area (Å²) in [4.78, 5) is 10.3. The summed E-state index contributed by atoms with van der Waals surface area (Å²) in [5, 5.41) is 13.4. The number of rotatable bonds is 5. The van der Waals surface area contributed by atoms with Gasteiger partial charge >= 0.3 is 29.6 Å². The van der Waals surface area contributed by atoms with Crippen LogP contribution in [0.15, 0.2) is 36.9 Å². The van der Waals surface area contributed by atoms with Crippen molar-refractivity contribution in [1.29, 1.82) is 0 Å². The van der Waals surface area contributed by atoms with Gasteiger partial charge in [-0.1, -0.05) is 18.2 Å². The van der Waals surface area contributed by atoms with Gasteiger partial charge in [0.2, 0.25) is 0 Å². The number of carbonyl (C=O) groups is 1. The van der Waals surface area contributed by atoms with Crippen molar-refractivity contribution in [1.82, 2.24) is 0 Å². The molecule has 4 heteroatoms. The van der Waals surface area contributed by atoms with Gasteiger partial charge in [0.05, 0.1) is 0 Å². The van der Waals surface area contributed by atoms with Gasteiger partial charge < -0.3 is 15.2 Å². The van der Waals surface area contributed by atoms with Crippen molar-refractivity contribution < 1.29 is 39.5 Å². The van der Waals surface area contributed by atoms with Crippen molar-refractivity contribution in [3.8, 4) is 0 Å². The Morgan fingerprint density at radius 3 is 2.87 bits per heavy atom. The molecule has 0 aliphatic carbocycles. The van der Waals surface area contributed by atoms with Gasteiger partial charge in [0.15, 0.2) is 0 Å². The number of aliphatic carboxylic acids is 1. The fraction of sp³-hybridized carbons (Fsp3) is 0.182. The van der Waals surface area contributed by atoms with E-state index in [4.69, 9.17) is 0 Å². The predicted octanol–water partition coefficient (Wildman–Crippen LogP) is -2.42. The third kappa shape index (κ3) is 5.62. The minimum atomic E-state index is -1.06. The average Bonchev–Trinajstić information content (AvgIpc) is 2.14. The van der Waals surface area contributed by atoms with Crippen molar-refractivity contribution in [3.63, 3.8) is 0 Å². The largest absolute Gasteiger partial charge is 1.00 e. The molecule has 0 fully saturated rings. The molecule has 0 bridgehead atoms. The van der Waals surface area contributed by atoms with Crippen LogP contribution in [0.2, 0.25) is 0 Å². The molecule has 15 heavy (non-hydrogen) atoms. The van der Waals surface area contributed by atoms with Crippen LogP contribution in [0.3, 0.4) is 0 Å². The number of carboxylic acid groups (broad SMARTS) is 1. The predicted molar refractivity (Wildman–Crippen MR) is 53.8 cm³/mol. The molecule has 74 valence electrons. The maximum Gasteiger partial charge on any atom is 1.00 e.